The van der Waals surface area contributed by atoms with E-state index in [1.807, 2.05) is 35.9 Å². The van der Waals surface area contributed by atoms with Gasteiger partial charge >= 0.3 is 6.03 Å². The fourth-order valence-corrected chi connectivity index (χ4v) is 5.02. The molecule has 4 atom stereocenters. The van der Waals surface area contributed by atoms with Gasteiger partial charge in [-0.15, -0.1) is 0 Å². The smallest absolute Gasteiger partial charge is 0.319 e. The van der Waals surface area contributed by atoms with Gasteiger partial charge in [0.25, 0.3) is 0 Å². The number of anilines is 2. The van der Waals surface area contributed by atoms with Gasteiger partial charge in [-0.05, 0) is 55.6 Å². The molecule has 6 N–H and O–H groups in total. The van der Waals surface area contributed by atoms with E-state index in [1.165, 1.54) is 5.56 Å². The summed E-state index contributed by atoms with van der Waals surface area (Å²) in [7, 11) is 1.98. The number of nitrogens with two attached hydrogens (primary N) is 1. The van der Waals surface area contributed by atoms with Crippen molar-refractivity contribution in [3.63, 3.8) is 0 Å². The van der Waals surface area contributed by atoms with Gasteiger partial charge in [0.2, 0.25) is 0 Å². The SMILES string of the molecule is CN(CCCNC(=O)Nc1ccc(C(C)(C)C)cc1)C[C@@H]1C[C@@H](n2cnc3c(N)ccnc32)[C@H](O)[C@@H]1O. The van der Waals surface area contributed by atoms with Crippen molar-refractivity contribution >= 4 is 28.6 Å². The number of aliphatic hydroxyl groups is 2. The largest absolute Gasteiger partial charge is 0.397 e. The maximum Gasteiger partial charge on any atom is 0.319 e. The molecular weight excluding hydrogens is 470 g/mol. The number of imidazole rings is 1. The van der Waals surface area contributed by atoms with E-state index in [0.29, 0.717) is 36.4 Å². The first-order valence-electron chi connectivity index (χ1n) is 12.8. The lowest BCUT2D eigenvalue weighted by atomic mass is 9.87. The Bertz CT molecular complexity index is 1200. The number of aromatic nitrogens is 3. The summed E-state index contributed by atoms with van der Waals surface area (Å²) in [4.78, 5) is 23.1. The number of pyridine rings is 1. The van der Waals surface area contributed by atoms with Crippen molar-refractivity contribution in [3.8, 4) is 0 Å². The van der Waals surface area contributed by atoms with Gasteiger partial charge in [-0.25, -0.2) is 14.8 Å². The Morgan fingerprint density at radius 3 is 2.59 bits per heavy atom. The number of benzene rings is 1. The molecule has 1 aliphatic rings. The standard InChI is InChI=1S/C27H39N7O3/c1-27(2,3)18-6-8-19(9-7-18)32-26(37)30-11-5-13-33(4)15-17-14-21(24(36)23(17)35)34-16-31-22-20(28)10-12-29-25(22)34/h6-10,12,16-17,21,23-24,35-36H,5,11,13-15H2,1-4H3,(H2,28,29)(H2,30,32,37)/t17-,21+,23+,24-/m0/s1. The summed E-state index contributed by atoms with van der Waals surface area (Å²) in [6, 6.07) is 9.04. The minimum absolute atomic E-state index is 0.0694. The van der Waals surface area contributed by atoms with Crippen LogP contribution in [0.1, 0.15) is 45.2 Å². The Balaban J connectivity index is 1.21. The van der Waals surface area contributed by atoms with Gasteiger partial charge in [0.05, 0.1) is 24.2 Å². The summed E-state index contributed by atoms with van der Waals surface area (Å²) in [5.74, 6) is -0.101. The predicted molar refractivity (Wildman–Crippen MR) is 145 cm³/mol. The van der Waals surface area contributed by atoms with Crippen LogP contribution < -0.4 is 16.4 Å². The Morgan fingerprint density at radius 2 is 1.89 bits per heavy atom. The van der Waals surface area contributed by atoms with Crippen LogP contribution in [0.2, 0.25) is 0 Å². The van der Waals surface area contributed by atoms with Crippen molar-refractivity contribution in [2.24, 2.45) is 5.92 Å². The van der Waals surface area contributed by atoms with Crippen LogP contribution in [0.3, 0.4) is 0 Å². The lowest BCUT2D eigenvalue weighted by Crippen LogP contribution is -2.36. The fraction of sp³-hybridized carbons (Fsp3) is 0.519. The summed E-state index contributed by atoms with van der Waals surface area (Å²) in [5.41, 5.74) is 9.78. The normalized spacial score (nSPS) is 22.0. The molecule has 0 spiro atoms. The second-order valence-electron chi connectivity index (χ2n) is 11.1. The molecule has 10 nitrogen and oxygen atoms in total. The van der Waals surface area contributed by atoms with E-state index in [4.69, 9.17) is 5.73 Å². The van der Waals surface area contributed by atoms with Crippen LogP contribution in [-0.4, -0.2) is 74.6 Å². The molecule has 0 aliphatic heterocycles. The van der Waals surface area contributed by atoms with Crippen LogP contribution in [0.15, 0.2) is 42.9 Å². The van der Waals surface area contributed by atoms with Crippen molar-refractivity contribution in [2.75, 3.05) is 37.7 Å². The number of aliphatic hydroxyl groups excluding tert-OH is 2. The molecule has 2 heterocycles. The van der Waals surface area contributed by atoms with Crippen LogP contribution in [0.25, 0.3) is 11.2 Å². The molecule has 4 rings (SSSR count). The number of fused-ring (bicyclic) bond motifs is 1. The third-order valence-corrected chi connectivity index (χ3v) is 7.18. The van der Waals surface area contributed by atoms with E-state index in [1.54, 1.807) is 18.6 Å². The lowest BCUT2D eigenvalue weighted by Gasteiger charge is -2.23. The molecule has 2 aromatic heterocycles. The molecule has 0 bridgehead atoms. The monoisotopic (exact) mass is 509 g/mol. The number of rotatable bonds is 8. The van der Waals surface area contributed by atoms with Crippen LogP contribution in [0.4, 0.5) is 16.2 Å². The lowest BCUT2D eigenvalue weighted by molar-refractivity contribution is 0.00164. The average molecular weight is 510 g/mol. The number of hydrogen-bond donors (Lipinski definition) is 5. The molecular formula is C27H39N7O3. The van der Waals surface area contributed by atoms with E-state index >= 15 is 0 Å². The zero-order valence-corrected chi connectivity index (χ0v) is 22.1. The van der Waals surface area contributed by atoms with Gasteiger partial charge in [0.15, 0.2) is 5.65 Å². The van der Waals surface area contributed by atoms with E-state index in [2.05, 4.69) is 46.3 Å². The quantitative estimate of drug-likeness (QED) is 0.294. The van der Waals surface area contributed by atoms with Crippen molar-refractivity contribution in [2.45, 2.75) is 57.3 Å². The summed E-state index contributed by atoms with van der Waals surface area (Å²) in [6.45, 7) is 8.37. The van der Waals surface area contributed by atoms with Gasteiger partial charge in [-0.2, -0.15) is 0 Å². The van der Waals surface area contributed by atoms with E-state index < -0.39 is 12.2 Å². The highest BCUT2D eigenvalue weighted by atomic mass is 16.3. The number of nitrogens with one attached hydrogen (secondary N) is 2. The highest BCUT2D eigenvalue weighted by Gasteiger charge is 2.43. The molecule has 0 unspecified atom stereocenters. The molecule has 1 aromatic carbocycles. The minimum atomic E-state index is -0.915. The molecule has 37 heavy (non-hydrogen) atoms. The topological polar surface area (TPSA) is 142 Å². The number of hydrogen-bond acceptors (Lipinski definition) is 7. The number of nitrogen functional groups attached to an aromatic ring is 1. The molecule has 200 valence electrons. The zero-order valence-electron chi connectivity index (χ0n) is 22.1. The predicted octanol–water partition coefficient (Wildman–Crippen LogP) is 2.74. The summed E-state index contributed by atoms with van der Waals surface area (Å²) in [6.07, 6.45) is 2.85. The highest BCUT2D eigenvalue weighted by Crippen LogP contribution is 2.37. The molecule has 1 saturated carbocycles. The van der Waals surface area contributed by atoms with Crippen LogP contribution in [0, 0.1) is 5.92 Å². The van der Waals surface area contributed by atoms with Gasteiger partial charge < -0.3 is 36.0 Å². The third kappa shape index (κ3) is 6.20. The highest BCUT2D eigenvalue weighted by molar-refractivity contribution is 5.89. The molecule has 1 aliphatic carbocycles. The van der Waals surface area contributed by atoms with Gasteiger partial charge in [0, 0.05) is 30.9 Å². The first-order chi connectivity index (χ1) is 17.5. The molecule has 0 saturated heterocycles. The van der Waals surface area contributed by atoms with Crippen molar-refractivity contribution in [1.29, 1.82) is 0 Å². The van der Waals surface area contributed by atoms with Crippen LogP contribution >= 0.6 is 0 Å². The minimum Gasteiger partial charge on any atom is -0.397 e. The van der Waals surface area contributed by atoms with Gasteiger partial charge in [-0.1, -0.05) is 32.9 Å². The molecule has 2 amide bonds. The Labute approximate surface area is 217 Å². The molecule has 1 fully saturated rings. The van der Waals surface area contributed by atoms with Crippen LogP contribution in [0.5, 0.6) is 0 Å². The van der Waals surface area contributed by atoms with Crippen molar-refractivity contribution in [3.05, 3.63) is 48.4 Å². The van der Waals surface area contributed by atoms with Gasteiger partial charge in [0.1, 0.15) is 11.6 Å². The molecule has 0 radical (unpaired) electrons. The van der Waals surface area contributed by atoms with Crippen molar-refractivity contribution in [1.82, 2.24) is 24.8 Å². The van der Waals surface area contributed by atoms with E-state index in [0.717, 1.165) is 18.7 Å². The maximum absolute atomic E-state index is 12.2. The molecule has 10 heteroatoms. The zero-order chi connectivity index (χ0) is 26.7. The Kier molecular flexibility index (Phi) is 8.01. The number of carbonyl (C=O) groups excluding carboxylic acids is 1. The Morgan fingerprint density at radius 1 is 1.16 bits per heavy atom. The average Bonchev–Trinajstić information content (AvgIpc) is 3.39. The molecule has 3 aromatic rings. The van der Waals surface area contributed by atoms with E-state index in [-0.39, 0.29) is 23.4 Å². The summed E-state index contributed by atoms with van der Waals surface area (Å²) in [5, 5.41) is 27.3. The second kappa shape index (κ2) is 11.0. The third-order valence-electron chi connectivity index (χ3n) is 7.18. The number of carbonyl (C=O) groups is 1. The first kappa shape index (κ1) is 26.8. The number of nitrogens with zero attached hydrogens (tertiary/aromatic N) is 4. The number of urea groups is 1. The summed E-state index contributed by atoms with van der Waals surface area (Å²) < 4.78 is 1.82. The van der Waals surface area contributed by atoms with E-state index in [9.17, 15) is 15.0 Å². The maximum atomic E-state index is 12.2. The fourth-order valence-electron chi connectivity index (χ4n) is 5.02. The number of amides is 2. The van der Waals surface area contributed by atoms with Crippen molar-refractivity contribution < 1.29 is 15.0 Å². The summed E-state index contributed by atoms with van der Waals surface area (Å²) >= 11 is 0. The van der Waals surface area contributed by atoms with Crippen LogP contribution in [-0.2, 0) is 5.41 Å². The first-order valence-corrected chi connectivity index (χ1v) is 12.8. The Hall–Kier alpha value is -3.21. The second-order valence-corrected chi connectivity index (χ2v) is 11.1. The van der Waals surface area contributed by atoms with Gasteiger partial charge in [-0.3, -0.25) is 0 Å².